The molecule has 0 aliphatic carbocycles. The Labute approximate surface area is 204 Å². The number of nitrogens with one attached hydrogen (secondary N) is 1. The number of carbonyl (C=O) groups is 2. The van der Waals surface area contributed by atoms with Crippen LogP contribution in [0.3, 0.4) is 0 Å². The Morgan fingerprint density at radius 3 is 2.71 bits per heavy atom. The second-order valence-corrected chi connectivity index (χ2v) is 11.3. The fourth-order valence-corrected chi connectivity index (χ4v) is 6.08. The van der Waals surface area contributed by atoms with E-state index in [2.05, 4.69) is 10.3 Å². The van der Waals surface area contributed by atoms with E-state index in [0.717, 1.165) is 12.8 Å². The number of piperidine rings is 1. The third kappa shape index (κ3) is 5.36. The van der Waals surface area contributed by atoms with Crippen LogP contribution in [0, 0.1) is 5.92 Å². The molecule has 2 aliphatic rings. The highest BCUT2D eigenvalue weighted by atomic mass is 32.2. The van der Waals surface area contributed by atoms with E-state index in [1.54, 1.807) is 40.4 Å². The van der Waals surface area contributed by atoms with Crippen LogP contribution in [0.4, 0.5) is 8.78 Å². The van der Waals surface area contributed by atoms with Crippen molar-refractivity contribution >= 4 is 38.0 Å². The summed E-state index contributed by atoms with van der Waals surface area (Å²) in [5, 5.41) is 3.30. The van der Waals surface area contributed by atoms with Crippen molar-refractivity contribution in [2.24, 2.45) is 10.9 Å². The van der Waals surface area contributed by atoms with Crippen molar-refractivity contribution in [2.75, 3.05) is 13.1 Å². The van der Waals surface area contributed by atoms with E-state index in [1.165, 1.54) is 30.4 Å². The van der Waals surface area contributed by atoms with Crippen molar-refractivity contribution in [2.45, 2.75) is 49.6 Å². The standard InChI is InChI=1S/C24H28F2N3O3PS/c1-15(18-5-3-4-6-19(18)24(25,26)33)27-22-28-21(31)23(2,34-22)13-16-7-10-29(11-8-16)20(30)17-9-12-32-14-17/h3-6,9,12,14-16H,7-8,10-11,13,33H2,1-2H3,(H,27,28,31)/t15-,23?/m0/s1. The molecule has 2 fully saturated rings. The van der Waals surface area contributed by atoms with Gasteiger partial charge in [-0.25, -0.2) is 0 Å². The molecule has 10 heteroatoms. The number of alkyl halides is 2. The molecular weight excluding hydrogens is 479 g/mol. The number of thioether (sulfide) groups is 1. The van der Waals surface area contributed by atoms with E-state index in [4.69, 9.17) is 4.42 Å². The molecule has 2 saturated heterocycles. The third-order valence-corrected chi connectivity index (χ3v) is 7.97. The zero-order valence-corrected chi connectivity index (χ0v) is 21.1. The molecule has 0 saturated carbocycles. The molecule has 1 aromatic carbocycles. The Morgan fingerprint density at radius 1 is 1.35 bits per heavy atom. The number of carbonyl (C=O) groups excluding carboxylic acids is 2. The van der Waals surface area contributed by atoms with Gasteiger partial charge in [-0.05, 0) is 50.7 Å². The zero-order valence-electron chi connectivity index (χ0n) is 19.1. The molecule has 3 atom stereocenters. The number of amidine groups is 1. The summed E-state index contributed by atoms with van der Waals surface area (Å²) in [4.78, 5) is 31.7. The van der Waals surface area contributed by atoms with Gasteiger partial charge in [0, 0.05) is 18.7 Å². The molecule has 2 aliphatic heterocycles. The number of rotatable bonds is 6. The first-order valence-electron chi connectivity index (χ1n) is 11.2. The number of hydrogen-bond donors (Lipinski definition) is 1. The Bertz CT molecular complexity index is 1080. The number of halogens is 2. The summed E-state index contributed by atoms with van der Waals surface area (Å²) < 4.78 is 32.3. The van der Waals surface area contributed by atoms with Crippen LogP contribution in [0.5, 0.6) is 0 Å². The lowest BCUT2D eigenvalue weighted by molar-refractivity contribution is -0.121. The molecule has 6 nitrogen and oxygen atoms in total. The van der Waals surface area contributed by atoms with Crippen molar-refractivity contribution in [3.05, 3.63) is 59.5 Å². The Kier molecular flexibility index (Phi) is 7.15. The number of likely N-dealkylation sites (tertiary alicyclic amines) is 1. The maximum atomic E-state index is 14.0. The molecule has 0 radical (unpaired) electrons. The van der Waals surface area contributed by atoms with Gasteiger partial charge in [-0.3, -0.25) is 14.6 Å². The summed E-state index contributed by atoms with van der Waals surface area (Å²) in [5.74, 6) is 0.140. The maximum absolute atomic E-state index is 14.0. The highest BCUT2D eigenvalue weighted by Gasteiger charge is 2.44. The summed E-state index contributed by atoms with van der Waals surface area (Å²) in [5.41, 5.74) is -2.18. The predicted octanol–water partition coefficient (Wildman–Crippen LogP) is 5.19. The van der Waals surface area contributed by atoms with Gasteiger partial charge in [-0.2, -0.15) is 8.78 Å². The minimum Gasteiger partial charge on any atom is -0.472 e. The lowest BCUT2D eigenvalue weighted by Gasteiger charge is -2.34. The van der Waals surface area contributed by atoms with Crippen molar-refractivity contribution in [3.8, 4) is 0 Å². The van der Waals surface area contributed by atoms with Gasteiger partial charge in [0.2, 0.25) is 5.91 Å². The number of benzene rings is 1. The predicted molar refractivity (Wildman–Crippen MR) is 132 cm³/mol. The quantitative estimate of drug-likeness (QED) is 0.547. The first kappa shape index (κ1) is 24.9. The number of hydrogen-bond acceptors (Lipinski definition) is 5. The van der Waals surface area contributed by atoms with Gasteiger partial charge in [0.25, 0.3) is 11.6 Å². The van der Waals surface area contributed by atoms with Crippen molar-refractivity contribution < 1.29 is 22.8 Å². The van der Waals surface area contributed by atoms with Crippen LogP contribution in [-0.4, -0.2) is 39.7 Å². The Hall–Kier alpha value is -2.25. The monoisotopic (exact) mass is 507 g/mol. The van der Waals surface area contributed by atoms with Gasteiger partial charge in [-0.15, -0.1) is 0 Å². The largest absolute Gasteiger partial charge is 0.472 e. The van der Waals surface area contributed by atoms with Crippen molar-refractivity contribution in [1.82, 2.24) is 10.2 Å². The molecule has 0 bridgehead atoms. The van der Waals surface area contributed by atoms with Crippen molar-refractivity contribution in [1.29, 1.82) is 0 Å². The molecule has 2 unspecified atom stereocenters. The molecule has 1 N–H and O–H groups in total. The number of aliphatic imine (C=N–C) groups is 1. The fourth-order valence-electron chi connectivity index (χ4n) is 4.58. The normalized spacial score (nSPS) is 23.9. The molecule has 2 aromatic rings. The molecule has 0 spiro atoms. The topological polar surface area (TPSA) is 74.9 Å². The lowest BCUT2D eigenvalue weighted by atomic mass is 9.87. The van der Waals surface area contributed by atoms with Gasteiger partial charge in [-0.1, -0.05) is 45.3 Å². The summed E-state index contributed by atoms with van der Waals surface area (Å²) in [6.45, 7) is 4.91. The van der Waals surface area contributed by atoms with Gasteiger partial charge < -0.3 is 14.6 Å². The van der Waals surface area contributed by atoms with Crippen LogP contribution in [0.2, 0.25) is 0 Å². The Balaban J connectivity index is 1.39. The molecule has 4 rings (SSSR count). The maximum Gasteiger partial charge on any atom is 0.284 e. The summed E-state index contributed by atoms with van der Waals surface area (Å²) in [7, 11) is 1.57. The minimum absolute atomic E-state index is 0.0360. The van der Waals surface area contributed by atoms with Crippen LogP contribution >= 0.6 is 21.0 Å². The number of amides is 2. The highest BCUT2D eigenvalue weighted by Crippen LogP contribution is 2.42. The van der Waals surface area contributed by atoms with Crippen LogP contribution in [0.25, 0.3) is 0 Å². The average Bonchev–Trinajstić information content (AvgIpc) is 3.42. The van der Waals surface area contributed by atoms with Gasteiger partial charge >= 0.3 is 0 Å². The van der Waals surface area contributed by atoms with Crippen LogP contribution in [-0.2, 0) is 10.5 Å². The SMILES string of the molecule is C[C@H](N=C1NC(=O)C(C)(CC2CCN(C(=O)c3ccoc3)CC2)S1)c1ccccc1C(F)(F)P. The molecule has 3 heterocycles. The Morgan fingerprint density at radius 2 is 2.06 bits per heavy atom. The first-order chi connectivity index (χ1) is 16.1. The zero-order chi connectivity index (χ0) is 24.5. The van der Waals surface area contributed by atoms with Crippen molar-refractivity contribution in [3.63, 3.8) is 0 Å². The molecule has 1 aromatic heterocycles. The first-order valence-corrected chi connectivity index (χ1v) is 12.6. The van der Waals surface area contributed by atoms with Crippen LogP contribution < -0.4 is 5.32 Å². The van der Waals surface area contributed by atoms with Crippen LogP contribution in [0.15, 0.2) is 52.3 Å². The molecule has 2 amide bonds. The van der Waals surface area contributed by atoms with E-state index >= 15 is 0 Å². The van der Waals surface area contributed by atoms with E-state index in [1.807, 2.05) is 11.8 Å². The molecule has 34 heavy (non-hydrogen) atoms. The minimum atomic E-state index is -3.06. The van der Waals surface area contributed by atoms with Crippen LogP contribution in [0.1, 0.15) is 60.6 Å². The highest BCUT2D eigenvalue weighted by molar-refractivity contribution is 8.16. The fraction of sp³-hybridized carbons (Fsp3) is 0.458. The second-order valence-electron chi connectivity index (χ2n) is 9.06. The van der Waals surface area contributed by atoms with Gasteiger partial charge in [0.1, 0.15) is 6.26 Å². The smallest absolute Gasteiger partial charge is 0.284 e. The van der Waals surface area contributed by atoms with Gasteiger partial charge in [0.05, 0.1) is 22.6 Å². The van der Waals surface area contributed by atoms with Gasteiger partial charge in [0.15, 0.2) is 5.17 Å². The van der Waals surface area contributed by atoms with E-state index in [0.29, 0.717) is 41.7 Å². The van der Waals surface area contributed by atoms with E-state index < -0.39 is 16.5 Å². The third-order valence-electron chi connectivity index (χ3n) is 6.45. The lowest BCUT2D eigenvalue weighted by Crippen LogP contribution is -2.41. The summed E-state index contributed by atoms with van der Waals surface area (Å²) in [6, 6.07) is 7.45. The number of nitrogens with zero attached hydrogens (tertiary/aromatic N) is 2. The van der Waals surface area contributed by atoms with E-state index in [9.17, 15) is 18.4 Å². The molecule has 182 valence electrons. The summed E-state index contributed by atoms with van der Waals surface area (Å²) >= 11 is 1.36. The number of furan rings is 1. The summed E-state index contributed by atoms with van der Waals surface area (Å²) in [6.07, 6.45) is 5.22. The van der Waals surface area contributed by atoms with E-state index in [-0.39, 0.29) is 17.4 Å². The second kappa shape index (κ2) is 9.78. The molecular formula is C24H28F2N3O3PS. The average molecular weight is 508 g/mol.